The number of hydrogen-bond acceptors (Lipinski definition) is 10. The van der Waals surface area contributed by atoms with Crippen LogP contribution in [0.25, 0.3) is 27.9 Å². The van der Waals surface area contributed by atoms with Crippen LogP contribution >= 0.6 is 0 Å². The first-order chi connectivity index (χ1) is 16.2. The number of carbonyl (C=O) groups excluding carboxylic acids is 1. The molecule has 0 fully saturated rings. The Hall–Kier alpha value is -4.38. The predicted octanol–water partition coefficient (Wildman–Crippen LogP) is 2.84. The third-order valence-electron chi connectivity index (χ3n) is 4.86. The highest BCUT2D eigenvalue weighted by molar-refractivity contribution is 5.97. The van der Waals surface area contributed by atoms with E-state index in [-0.39, 0.29) is 18.9 Å². The summed E-state index contributed by atoms with van der Waals surface area (Å²) in [5, 5.41) is 18.8. The van der Waals surface area contributed by atoms with Gasteiger partial charge in [-0.05, 0) is 18.2 Å². The second kappa shape index (κ2) is 8.63. The normalized spacial score (nSPS) is 11.2. The van der Waals surface area contributed by atoms with E-state index in [1.54, 1.807) is 35.9 Å². The first-order valence-electron chi connectivity index (χ1n) is 9.94. The van der Waals surface area contributed by atoms with Crippen molar-refractivity contribution in [1.82, 2.24) is 30.0 Å². The minimum Gasteiger partial charge on any atom is -0.470 e. The largest absolute Gasteiger partial charge is 0.470 e. The Balaban J connectivity index is 1.54. The molecule has 0 atom stereocenters. The van der Waals surface area contributed by atoms with Crippen molar-refractivity contribution in [3.8, 4) is 17.4 Å². The Bertz CT molecular complexity index is 1460. The molecule has 166 valence electrons. The molecule has 4 aromatic heterocycles. The van der Waals surface area contributed by atoms with E-state index in [0.29, 0.717) is 34.5 Å². The summed E-state index contributed by atoms with van der Waals surface area (Å²) in [7, 11) is 2.88. The molecule has 0 radical (unpaired) electrons. The van der Waals surface area contributed by atoms with E-state index >= 15 is 0 Å². The summed E-state index contributed by atoms with van der Waals surface area (Å²) in [4.78, 5) is 16.1. The summed E-state index contributed by atoms with van der Waals surface area (Å²) < 4.78 is 22.7. The van der Waals surface area contributed by atoms with E-state index in [9.17, 15) is 4.79 Å². The average Bonchev–Trinajstić information content (AvgIpc) is 3.49. The van der Waals surface area contributed by atoms with E-state index in [1.807, 2.05) is 24.3 Å². The van der Waals surface area contributed by atoms with E-state index in [2.05, 4.69) is 25.4 Å². The maximum atomic E-state index is 11.8. The lowest BCUT2D eigenvalue weighted by Gasteiger charge is -2.10. The number of esters is 1. The summed E-state index contributed by atoms with van der Waals surface area (Å²) in [6.45, 7) is 0.374. The van der Waals surface area contributed by atoms with Gasteiger partial charge in [0.1, 0.15) is 18.9 Å². The number of methoxy groups -OCH3 is 2. The number of pyridine rings is 1. The minimum atomic E-state index is -0.517. The van der Waals surface area contributed by atoms with Gasteiger partial charge in [0.05, 0.1) is 12.8 Å². The van der Waals surface area contributed by atoms with Crippen LogP contribution in [0.2, 0.25) is 0 Å². The van der Waals surface area contributed by atoms with E-state index < -0.39 is 5.97 Å². The van der Waals surface area contributed by atoms with Crippen molar-refractivity contribution in [1.29, 1.82) is 0 Å². The Morgan fingerprint density at radius 2 is 1.88 bits per heavy atom. The van der Waals surface area contributed by atoms with Gasteiger partial charge in [0.2, 0.25) is 11.7 Å². The standard InChI is InChI=1S/C22H18N6O5/c1-30-12-14-10-18(27-33-14)20-25-24-19-15-7-3-4-8-16(15)21(26-28(19)20)32-11-13-6-5-9-17(23-13)22(29)31-2/h3-10H,11-12H2,1-2H3. The number of fused-ring (bicyclic) bond motifs is 3. The molecule has 5 rings (SSSR count). The third-order valence-corrected chi connectivity index (χ3v) is 4.86. The molecule has 0 N–H and O–H groups in total. The van der Waals surface area contributed by atoms with Gasteiger partial charge < -0.3 is 18.7 Å². The monoisotopic (exact) mass is 446 g/mol. The number of hydrogen-bond donors (Lipinski definition) is 0. The first kappa shape index (κ1) is 20.5. The summed E-state index contributed by atoms with van der Waals surface area (Å²) >= 11 is 0. The molecule has 0 saturated heterocycles. The van der Waals surface area contributed by atoms with Gasteiger partial charge in [-0.15, -0.1) is 15.3 Å². The topological polar surface area (TPSA) is 127 Å². The lowest BCUT2D eigenvalue weighted by atomic mass is 10.2. The third kappa shape index (κ3) is 3.85. The highest BCUT2D eigenvalue weighted by Gasteiger charge is 2.19. The molecule has 0 aliphatic rings. The van der Waals surface area contributed by atoms with Crippen LogP contribution in [0.4, 0.5) is 0 Å². The van der Waals surface area contributed by atoms with Gasteiger partial charge >= 0.3 is 5.97 Å². The zero-order valence-electron chi connectivity index (χ0n) is 17.8. The molecule has 0 saturated carbocycles. The second-order valence-corrected chi connectivity index (χ2v) is 7.02. The van der Waals surface area contributed by atoms with Gasteiger partial charge in [-0.2, -0.15) is 4.52 Å². The van der Waals surface area contributed by atoms with Crippen LogP contribution in [0.1, 0.15) is 21.9 Å². The van der Waals surface area contributed by atoms with Crippen LogP contribution in [-0.4, -0.2) is 50.1 Å². The average molecular weight is 446 g/mol. The summed E-state index contributed by atoms with van der Waals surface area (Å²) in [6, 6.07) is 14.3. The fourth-order valence-corrected chi connectivity index (χ4v) is 3.37. The quantitative estimate of drug-likeness (QED) is 0.344. The smallest absolute Gasteiger partial charge is 0.356 e. The molecule has 33 heavy (non-hydrogen) atoms. The highest BCUT2D eigenvalue weighted by atomic mass is 16.5. The lowest BCUT2D eigenvalue weighted by Crippen LogP contribution is -2.08. The van der Waals surface area contributed by atoms with Crippen molar-refractivity contribution in [2.45, 2.75) is 13.2 Å². The maximum absolute atomic E-state index is 11.8. The Morgan fingerprint density at radius 1 is 1.03 bits per heavy atom. The molecular formula is C22H18N6O5. The van der Waals surface area contributed by atoms with Crippen LogP contribution in [0.3, 0.4) is 0 Å². The second-order valence-electron chi connectivity index (χ2n) is 7.02. The molecule has 0 aliphatic carbocycles. The Labute approximate surface area is 186 Å². The fourth-order valence-electron chi connectivity index (χ4n) is 3.37. The van der Waals surface area contributed by atoms with Gasteiger partial charge in [-0.25, -0.2) is 9.78 Å². The van der Waals surface area contributed by atoms with Gasteiger partial charge in [-0.1, -0.05) is 29.4 Å². The zero-order chi connectivity index (χ0) is 22.8. The van der Waals surface area contributed by atoms with Gasteiger partial charge in [0.25, 0.3) is 0 Å². The minimum absolute atomic E-state index is 0.0900. The molecule has 0 spiro atoms. The van der Waals surface area contributed by atoms with Crippen molar-refractivity contribution >= 4 is 22.4 Å². The molecule has 5 aromatic rings. The number of benzene rings is 1. The van der Waals surface area contributed by atoms with Crippen LogP contribution in [0.5, 0.6) is 5.88 Å². The Kier molecular flexibility index (Phi) is 5.37. The summed E-state index contributed by atoms with van der Waals surface area (Å²) in [5.74, 6) is 0.789. The van der Waals surface area contributed by atoms with Crippen molar-refractivity contribution in [2.24, 2.45) is 0 Å². The van der Waals surface area contributed by atoms with Gasteiger partial charge in [0, 0.05) is 23.9 Å². The number of carbonyl (C=O) groups is 1. The van der Waals surface area contributed by atoms with Crippen molar-refractivity contribution in [3.63, 3.8) is 0 Å². The van der Waals surface area contributed by atoms with Crippen LogP contribution in [-0.2, 0) is 22.7 Å². The Morgan fingerprint density at radius 3 is 2.70 bits per heavy atom. The zero-order valence-corrected chi connectivity index (χ0v) is 17.8. The maximum Gasteiger partial charge on any atom is 0.356 e. The van der Waals surface area contributed by atoms with E-state index in [1.165, 1.54) is 7.11 Å². The number of rotatable bonds is 7. The molecule has 0 aliphatic heterocycles. The fraction of sp³-hybridized carbons (Fsp3) is 0.182. The van der Waals surface area contributed by atoms with Crippen molar-refractivity contribution in [2.75, 3.05) is 14.2 Å². The molecule has 11 nitrogen and oxygen atoms in total. The van der Waals surface area contributed by atoms with Crippen LogP contribution < -0.4 is 4.74 Å². The molecule has 0 amide bonds. The highest BCUT2D eigenvalue weighted by Crippen LogP contribution is 2.29. The number of aromatic nitrogens is 6. The van der Waals surface area contributed by atoms with Gasteiger partial charge in [0.15, 0.2) is 17.1 Å². The molecule has 0 unspecified atom stereocenters. The summed E-state index contributed by atoms with van der Waals surface area (Å²) in [5.41, 5.74) is 1.77. The number of nitrogens with zero attached hydrogens (tertiary/aromatic N) is 6. The SMILES string of the molecule is COCc1cc(-c2nnc3c4ccccc4c(OCc4cccc(C(=O)OC)n4)nn23)no1. The van der Waals surface area contributed by atoms with E-state index in [0.717, 1.165) is 10.8 Å². The lowest BCUT2D eigenvalue weighted by molar-refractivity contribution is 0.0593. The van der Waals surface area contributed by atoms with Crippen molar-refractivity contribution in [3.05, 3.63) is 65.7 Å². The predicted molar refractivity (Wildman–Crippen MR) is 114 cm³/mol. The molecular weight excluding hydrogens is 428 g/mol. The summed E-state index contributed by atoms with van der Waals surface area (Å²) in [6.07, 6.45) is 0. The van der Waals surface area contributed by atoms with E-state index in [4.69, 9.17) is 18.7 Å². The van der Waals surface area contributed by atoms with Gasteiger partial charge in [-0.3, -0.25) is 0 Å². The molecule has 4 heterocycles. The molecule has 11 heteroatoms. The van der Waals surface area contributed by atoms with Crippen molar-refractivity contribution < 1.29 is 23.5 Å². The van der Waals surface area contributed by atoms with Crippen LogP contribution in [0, 0.1) is 0 Å². The first-order valence-corrected chi connectivity index (χ1v) is 9.94. The molecule has 0 bridgehead atoms. The number of ether oxygens (including phenoxy) is 3. The van der Waals surface area contributed by atoms with Crippen LogP contribution in [0.15, 0.2) is 53.1 Å². The molecule has 1 aromatic carbocycles.